The van der Waals surface area contributed by atoms with E-state index in [2.05, 4.69) is 58.4 Å². The van der Waals surface area contributed by atoms with Crippen molar-refractivity contribution in [3.05, 3.63) is 53.9 Å². The number of likely N-dealkylation sites (tertiary alicyclic amines) is 2. The van der Waals surface area contributed by atoms with Crippen molar-refractivity contribution in [2.24, 2.45) is 5.92 Å². The molecule has 2 fully saturated rings. The highest BCUT2D eigenvalue weighted by molar-refractivity contribution is 7.18. The highest BCUT2D eigenvalue weighted by Crippen LogP contribution is 2.32. The van der Waals surface area contributed by atoms with Gasteiger partial charge in [0.2, 0.25) is 0 Å². The number of piperidine rings is 2. The summed E-state index contributed by atoms with van der Waals surface area (Å²) in [5.41, 5.74) is 7.43. The zero-order valence-corrected chi connectivity index (χ0v) is 25.3. The molecule has 2 aliphatic rings. The van der Waals surface area contributed by atoms with Gasteiger partial charge in [-0.1, -0.05) is 32.9 Å². The van der Waals surface area contributed by atoms with Crippen molar-refractivity contribution in [1.82, 2.24) is 24.8 Å². The Balaban J connectivity index is 0.000000188. The van der Waals surface area contributed by atoms with Gasteiger partial charge in [-0.2, -0.15) is 0 Å². The first-order chi connectivity index (χ1) is 19.9. The van der Waals surface area contributed by atoms with E-state index < -0.39 is 11.8 Å². The summed E-state index contributed by atoms with van der Waals surface area (Å²) in [7, 11) is 2.21. The lowest BCUT2D eigenvalue weighted by atomic mass is 9.99. The van der Waals surface area contributed by atoms with Crippen LogP contribution in [0, 0.1) is 5.92 Å². The predicted molar refractivity (Wildman–Crippen MR) is 168 cm³/mol. The summed E-state index contributed by atoms with van der Waals surface area (Å²) < 4.78 is 1.32. The Kier molecular flexibility index (Phi) is 10.6. The topological polar surface area (TPSA) is 117 Å². The van der Waals surface area contributed by atoms with Crippen molar-refractivity contribution in [1.29, 1.82) is 0 Å². The zero-order valence-electron chi connectivity index (χ0n) is 24.5. The first-order valence-electron chi connectivity index (χ1n) is 14.5. The number of hydrogen-bond acceptors (Lipinski definition) is 8. The molecule has 2 saturated heterocycles. The quantitative estimate of drug-likeness (QED) is 0.301. The van der Waals surface area contributed by atoms with Crippen LogP contribution in [-0.2, 0) is 9.59 Å². The number of likely N-dealkylation sites (N-methyl/N-ethyl adjacent to an activating group) is 1. The number of nitrogens with one attached hydrogen (secondary N) is 1. The molecule has 218 valence electrons. The lowest BCUT2D eigenvalue weighted by Gasteiger charge is -2.30. The van der Waals surface area contributed by atoms with Crippen LogP contribution in [0.25, 0.3) is 21.0 Å². The molecular formula is C31H41N7O2S. The van der Waals surface area contributed by atoms with Gasteiger partial charge < -0.3 is 20.9 Å². The lowest BCUT2D eigenvalue weighted by Crippen LogP contribution is -2.44. The van der Waals surface area contributed by atoms with Crippen LogP contribution in [0.1, 0.15) is 57.4 Å². The Labute approximate surface area is 246 Å². The monoisotopic (exact) mass is 575 g/mol. The van der Waals surface area contributed by atoms with E-state index in [1.807, 2.05) is 25.2 Å². The molecule has 0 spiro atoms. The smallest absolute Gasteiger partial charge is 0.313 e. The number of benzene rings is 1. The summed E-state index contributed by atoms with van der Waals surface area (Å²) in [5.74, 6) is 0.253. The number of nitrogen functional groups attached to an aromatic ring is 1. The Bertz CT molecular complexity index is 1440. The minimum Gasteiger partial charge on any atom is -0.383 e. The number of carbonyl (C=O) groups is 2. The average molecular weight is 576 g/mol. The van der Waals surface area contributed by atoms with Crippen LogP contribution < -0.4 is 11.1 Å². The maximum atomic E-state index is 12.3. The van der Waals surface area contributed by atoms with Crippen molar-refractivity contribution < 1.29 is 9.59 Å². The maximum Gasteiger partial charge on any atom is 0.313 e. The van der Waals surface area contributed by atoms with E-state index in [1.165, 1.54) is 41.8 Å². The van der Waals surface area contributed by atoms with Crippen LogP contribution >= 0.6 is 11.3 Å². The molecule has 0 bridgehead atoms. The molecule has 6 rings (SSSR count). The average Bonchev–Trinajstić information content (AvgIpc) is 3.43. The van der Waals surface area contributed by atoms with Crippen molar-refractivity contribution in [3.63, 3.8) is 0 Å². The summed E-state index contributed by atoms with van der Waals surface area (Å²) in [6.45, 7) is 9.74. The molecule has 41 heavy (non-hydrogen) atoms. The summed E-state index contributed by atoms with van der Waals surface area (Å²) >= 11 is 1.87. The molecule has 4 aromatic rings. The molecule has 10 heteroatoms. The number of aromatic nitrogens is 3. The van der Waals surface area contributed by atoms with E-state index in [-0.39, 0.29) is 0 Å². The molecule has 2 aliphatic heterocycles. The fourth-order valence-corrected chi connectivity index (χ4v) is 6.43. The van der Waals surface area contributed by atoms with Crippen LogP contribution in [-0.4, -0.2) is 69.8 Å². The SMILES string of the molecule is CC.CC1CCCN(C(=O)C(=O)Nc2cncc3c(N)nccc23)C1.CN1CCCC(c2nc3ccccc3s2)C1. The molecule has 1 aromatic carbocycles. The minimum atomic E-state index is -0.649. The molecule has 9 nitrogen and oxygen atoms in total. The largest absolute Gasteiger partial charge is 0.383 e. The van der Waals surface area contributed by atoms with Crippen LogP contribution in [0.2, 0.25) is 0 Å². The van der Waals surface area contributed by atoms with Crippen molar-refractivity contribution in [2.75, 3.05) is 44.3 Å². The third kappa shape index (κ3) is 7.56. The second kappa shape index (κ2) is 14.3. The highest BCUT2D eigenvalue weighted by atomic mass is 32.1. The summed E-state index contributed by atoms with van der Waals surface area (Å²) in [6.07, 6.45) is 9.26. The number of hydrogen-bond donors (Lipinski definition) is 2. The Morgan fingerprint density at radius 2 is 1.80 bits per heavy atom. The second-order valence-corrected chi connectivity index (χ2v) is 11.6. The van der Waals surface area contributed by atoms with E-state index in [1.54, 1.807) is 23.4 Å². The first-order valence-corrected chi connectivity index (χ1v) is 15.3. The van der Waals surface area contributed by atoms with Crippen LogP contribution in [0.3, 0.4) is 0 Å². The van der Waals surface area contributed by atoms with Crippen LogP contribution in [0.15, 0.2) is 48.9 Å². The zero-order chi connectivity index (χ0) is 29.4. The number of amides is 2. The van der Waals surface area contributed by atoms with Gasteiger partial charge in [0.1, 0.15) is 5.82 Å². The van der Waals surface area contributed by atoms with Gasteiger partial charge in [-0.3, -0.25) is 14.6 Å². The summed E-state index contributed by atoms with van der Waals surface area (Å²) in [6, 6.07) is 10.2. The molecule has 0 aliphatic carbocycles. The standard InChI is InChI=1S/C16H19N5O2.C13H16N2S.C2H6/c1-10-3-2-6-21(9-10)16(23)15(22)20-13-8-18-7-12-11(13)4-5-19-14(12)17;1-15-8-4-5-10(9-15)13-14-11-6-2-3-7-12(11)16-13;1-2/h4-5,7-8,10H,2-3,6,9H2,1H3,(H2,17,19)(H,20,22);2-3,6-7,10H,4-5,8-9H2,1H3;1-2H3. The van der Waals surface area contributed by atoms with Gasteiger partial charge in [0.15, 0.2) is 0 Å². The number of carbonyl (C=O) groups excluding carboxylic acids is 2. The minimum absolute atomic E-state index is 0.335. The molecule has 0 saturated carbocycles. The molecule has 3 aromatic heterocycles. The molecule has 5 heterocycles. The number of fused-ring (bicyclic) bond motifs is 2. The van der Waals surface area contributed by atoms with Gasteiger partial charge in [0.05, 0.1) is 27.1 Å². The van der Waals surface area contributed by atoms with E-state index >= 15 is 0 Å². The number of thiazole rings is 1. The second-order valence-electron chi connectivity index (χ2n) is 10.6. The molecule has 2 unspecified atom stereocenters. The fraction of sp³-hybridized carbons (Fsp3) is 0.452. The molecular weight excluding hydrogens is 534 g/mol. The van der Waals surface area contributed by atoms with E-state index in [0.29, 0.717) is 47.2 Å². The number of para-hydroxylation sites is 1. The summed E-state index contributed by atoms with van der Waals surface area (Å²) in [5, 5.41) is 5.33. The highest BCUT2D eigenvalue weighted by Gasteiger charge is 2.26. The third-order valence-electron chi connectivity index (χ3n) is 7.39. The first kappa shape index (κ1) is 30.3. The van der Waals surface area contributed by atoms with E-state index in [4.69, 9.17) is 10.7 Å². The van der Waals surface area contributed by atoms with Gasteiger partial charge in [-0.15, -0.1) is 11.3 Å². The van der Waals surface area contributed by atoms with E-state index in [0.717, 1.165) is 18.4 Å². The van der Waals surface area contributed by atoms with Crippen LogP contribution in [0.5, 0.6) is 0 Å². The van der Waals surface area contributed by atoms with Gasteiger partial charge in [0, 0.05) is 48.7 Å². The van der Waals surface area contributed by atoms with Crippen molar-refractivity contribution >= 4 is 55.6 Å². The molecule has 2 amide bonds. The molecule has 3 N–H and O–H groups in total. The normalized spacial score (nSPS) is 19.1. The van der Waals surface area contributed by atoms with Crippen LogP contribution in [0.4, 0.5) is 11.5 Å². The number of anilines is 2. The summed E-state index contributed by atoms with van der Waals surface area (Å²) in [4.78, 5) is 41.4. The van der Waals surface area contributed by atoms with Crippen molar-refractivity contribution in [2.45, 2.75) is 52.4 Å². The number of rotatable bonds is 2. The Hall–Kier alpha value is -3.63. The lowest BCUT2D eigenvalue weighted by molar-refractivity contribution is -0.144. The molecule has 2 atom stereocenters. The van der Waals surface area contributed by atoms with Gasteiger partial charge in [-0.05, 0) is 63.4 Å². The van der Waals surface area contributed by atoms with Gasteiger partial charge in [0.25, 0.3) is 0 Å². The third-order valence-corrected chi connectivity index (χ3v) is 8.59. The Morgan fingerprint density at radius 3 is 2.56 bits per heavy atom. The van der Waals surface area contributed by atoms with Gasteiger partial charge >= 0.3 is 11.8 Å². The maximum absolute atomic E-state index is 12.3. The fourth-order valence-electron chi connectivity index (χ4n) is 5.34. The predicted octanol–water partition coefficient (Wildman–Crippen LogP) is 5.54. The number of nitrogens with zero attached hydrogens (tertiary/aromatic N) is 5. The number of pyridine rings is 2. The van der Waals surface area contributed by atoms with Crippen molar-refractivity contribution in [3.8, 4) is 0 Å². The molecule has 0 radical (unpaired) electrons. The van der Waals surface area contributed by atoms with Gasteiger partial charge in [-0.25, -0.2) is 9.97 Å². The number of nitrogens with two attached hydrogens (primary N) is 1. The van der Waals surface area contributed by atoms with E-state index in [9.17, 15) is 9.59 Å². The Morgan fingerprint density at radius 1 is 1.02 bits per heavy atom.